The van der Waals surface area contributed by atoms with E-state index in [1.165, 1.54) is 0 Å². The summed E-state index contributed by atoms with van der Waals surface area (Å²) >= 11 is 0. The van der Waals surface area contributed by atoms with Crippen molar-refractivity contribution in [1.29, 1.82) is 0 Å². The Hall–Kier alpha value is 2.71. The van der Waals surface area contributed by atoms with Gasteiger partial charge >= 0.3 is 138 Å². The summed E-state index contributed by atoms with van der Waals surface area (Å²) in [6.07, 6.45) is -0.130. The fraction of sp³-hybridized carbons (Fsp3) is 0.571. The number of Topliss-reactive ketones (excluding diaryl/α,β-unsaturated/α-hetero) is 2. The van der Waals surface area contributed by atoms with Crippen molar-refractivity contribution >= 4 is 17.7 Å². The van der Waals surface area contributed by atoms with Gasteiger partial charge in [-0.1, -0.05) is 0 Å². The van der Waals surface area contributed by atoms with Gasteiger partial charge in [0, 0.05) is 12.8 Å². The van der Waals surface area contributed by atoms with Crippen LogP contribution in [-0.2, 0) is 9.59 Å². The maximum absolute atomic E-state index is 10.5. The molecule has 0 aromatic carbocycles. The van der Waals surface area contributed by atoms with Crippen LogP contribution in [0.3, 0.4) is 0 Å². The van der Waals surface area contributed by atoms with Crippen LogP contribution in [0.25, 0.3) is 0 Å². The number of rotatable bonds is 0. The van der Waals surface area contributed by atoms with Gasteiger partial charge in [0.05, 0.1) is 6.42 Å². The summed E-state index contributed by atoms with van der Waals surface area (Å²) in [6.45, 7) is 0. The zero-order valence-corrected chi connectivity index (χ0v) is 20.9. The molecule has 0 aliphatic heterocycles. The van der Waals surface area contributed by atoms with Crippen molar-refractivity contribution < 1.29 is 162 Å². The van der Waals surface area contributed by atoms with Crippen LogP contribution in [0.2, 0.25) is 0 Å². The van der Waals surface area contributed by atoms with Crippen molar-refractivity contribution in [1.82, 2.24) is 0 Å². The van der Waals surface area contributed by atoms with E-state index >= 15 is 0 Å². The normalized spacial score (nSPS) is 14.0. The van der Waals surface area contributed by atoms with Crippen LogP contribution in [0.4, 0.5) is 4.79 Å². The summed E-state index contributed by atoms with van der Waals surface area (Å²) in [7, 11) is 0. The molecular weight excluding hydrogens is 430 g/mol. The quantitative estimate of drug-likeness (QED) is 0.351. The first-order valence-electron chi connectivity index (χ1n) is 3.43. The number of ketones is 2. The third-order valence-electron chi connectivity index (χ3n) is 1.31. The van der Waals surface area contributed by atoms with Gasteiger partial charge in [0.15, 0.2) is 0 Å². The van der Waals surface area contributed by atoms with Crippen molar-refractivity contribution in [2.75, 3.05) is 0 Å². The first-order valence-corrected chi connectivity index (χ1v) is 3.43. The smallest absolute Gasteiger partial charge is 0.652 e. The van der Waals surface area contributed by atoms with Crippen LogP contribution in [0.1, 0.15) is 25.7 Å². The largest absolute Gasteiger partial charge is 1.00 e. The number of carbonyl (C=O) groups excluding carboxylic acids is 3. The van der Waals surface area contributed by atoms with Crippen molar-refractivity contribution in [3.63, 3.8) is 0 Å². The van der Waals surface area contributed by atoms with Gasteiger partial charge < -0.3 is 15.0 Å². The molecular formula is C7H8Cs2O5. The summed E-state index contributed by atoms with van der Waals surface area (Å²) in [5, 5.41) is 16.7. The van der Waals surface area contributed by atoms with Gasteiger partial charge in [0.25, 0.3) is 0 Å². The minimum atomic E-state index is -2.33. The summed E-state index contributed by atoms with van der Waals surface area (Å²) in [5.41, 5.74) is 0. The fourth-order valence-electron chi connectivity index (χ4n) is 0.879. The maximum atomic E-state index is 10.5. The molecule has 1 aliphatic carbocycles. The van der Waals surface area contributed by atoms with Crippen LogP contribution in [-0.4, -0.2) is 17.7 Å². The molecule has 7 heteroatoms. The van der Waals surface area contributed by atoms with Crippen LogP contribution >= 0.6 is 0 Å². The van der Waals surface area contributed by atoms with Gasteiger partial charge in [0.2, 0.25) is 0 Å². The molecule has 0 radical (unpaired) electrons. The average Bonchev–Trinajstić information content (AvgIpc) is 1.84. The molecule has 0 aromatic heterocycles. The fourth-order valence-corrected chi connectivity index (χ4v) is 0.879. The Morgan fingerprint density at radius 2 is 1.29 bits per heavy atom. The first-order chi connectivity index (χ1) is 5.52. The third-order valence-corrected chi connectivity index (χ3v) is 1.31. The van der Waals surface area contributed by atoms with Crippen molar-refractivity contribution in [2.45, 2.75) is 25.7 Å². The van der Waals surface area contributed by atoms with Crippen molar-refractivity contribution in [3.8, 4) is 0 Å². The van der Waals surface area contributed by atoms with E-state index in [-0.39, 0.29) is 156 Å². The molecule has 0 bridgehead atoms. The zero-order valence-electron chi connectivity index (χ0n) is 8.37. The van der Waals surface area contributed by atoms with E-state index in [9.17, 15) is 9.59 Å². The Kier molecular flexibility index (Phi) is 21.6. The van der Waals surface area contributed by atoms with E-state index in [2.05, 4.69) is 0 Å². The molecule has 0 N–H and O–H groups in total. The summed E-state index contributed by atoms with van der Waals surface area (Å²) in [5.74, 6) is 0.225. The second-order valence-electron chi connectivity index (χ2n) is 2.36. The Morgan fingerprint density at radius 3 is 1.43 bits per heavy atom. The first kappa shape index (κ1) is 21.9. The maximum Gasteiger partial charge on any atom is 1.00 e. The Morgan fingerprint density at radius 1 is 1.00 bits per heavy atom. The van der Waals surface area contributed by atoms with Crippen LogP contribution in [0.5, 0.6) is 0 Å². The second-order valence-corrected chi connectivity index (χ2v) is 2.36. The predicted octanol–water partition coefficient (Wildman–Crippen LogP) is -7.74. The molecule has 14 heavy (non-hydrogen) atoms. The summed E-state index contributed by atoms with van der Waals surface area (Å²) in [4.78, 5) is 29.2. The van der Waals surface area contributed by atoms with E-state index < -0.39 is 6.16 Å². The molecule has 1 rings (SSSR count). The molecule has 0 saturated heterocycles. The van der Waals surface area contributed by atoms with E-state index in [1.54, 1.807) is 0 Å². The molecule has 1 aliphatic rings. The second kappa shape index (κ2) is 13.8. The predicted molar refractivity (Wildman–Crippen MR) is 33.9 cm³/mol. The van der Waals surface area contributed by atoms with Crippen molar-refractivity contribution in [3.05, 3.63) is 0 Å². The van der Waals surface area contributed by atoms with Crippen molar-refractivity contribution in [2.24, 2.45) is 0 Å². The van der Waals surface area contributed by atoms with Gasteiger partial charge in [-0.05, 0) is 12.6 Å². The third kappa shape index (κ3) is 17.1. The van der Waals surface area contributed by atoms with Gasteiger partial charge in [-0.3, -0.25) is 9.59 Å². The Bertz CT molecular complexity index is 186. The molecule has 0 atom stereocenters. The minimum absolute atomic E-state index is 0. The average molecular weight is 438 g/mol. The van der Waals surface area contributed by atoms with E-state index in [4.69, 9.17) is 15.0 Å². The molecule has 1 saturated carbocycles. The van der Waals surface area contributed by atoms with Gasteiger partial charge in [-0.2, -0.15) is 0 Å². The molecule has 0 unspecified atom stereocenters. The number of carbonyl (C=O) groups is 3. The summed E-state index contributed by atoms with van der Waals surface area (Å²) in [6, 6.07) is 0. The topological polar surface area (TPSA) is 97.3 Å². The molecule has 68 valence electrons. The van der Waals surface area contributed by atoms with Crippen LogP contribution in [0.15, 0.2) is 0 Å². The van der Waals surface area contributed by atoms with Crippen LogP contribution < -0.4 is 148 Å². The van der Waals surface area contributed by atoms with E-state index in [0.717, 1.165) is 6.42 Å². The Labute approximate surface area is 200 Å². The molecule has 0 amide bonds. The Balaban J connectivity index is -0.000000180. The minimum Gasteiger partial charge on any atom is -0.652 e. The standard InChI is InChI=1S/C6H8O2.CH2O3.2Cs/c7-5-2-1-3-6(8)4-5;2-1(3)4;;/h1-4H2;(H2,2,3,4);;/q;;2*+1/p-2. The van der Waals surface area contributed by atoms with E-state index in [1.807, 2.05) is 0 Å². The van der Waals surface area contributed by atoms with Gasteiger partial charge in [-0.15, -0.1) is 0 Å². The molecule has 1 fully saturated rings. The van der Waals surface area contributed by atoms with Crippen LogP contribution in [0, 0.1) is 0 Å². The molecule has 0 aromatic rings. The SMILES string of the molecule is O=C([O-])[O-].O=C1CCCC(=O)C1.[Cs+].[Cs+]. The number of carboxylic acid groups (broad SMARTS) is 2. The monoisotopic (exact) mass is 438 g/mol. The summed E-state index contributed by atoms with van der Waals surface area (Å²) < 4.78 is 0. The zero-order chi connectivity index (χ0) is 9.56. The number of hydrogen-bond donors (Lipinski definition) is 0. The molecule has 0 heterocycles. The molecule has 5 nitrogen and oxygen atoms in total. The van der Waals surface area contributed by atoms with Gasteiger partial charge in [0.1, 0.15) is 11.6 Å². The van der Waals surface area contributed by atoms with E-state index in [0.29, 0.717) is 12.8 Å². The number of hydrogen-bond acceptors (Lipinski definition) is 5. The van der Waals surface area contributed by atoms with Gasteiger partial charge in [-0.25, -0.2) is 0 Å². The molecule has 0 spiro atoms.